The summed E-state index contributed by atoms with van der Waals surface area (Å²) < 4.78 is 11.1. The Kier molecular flexibility index (Phi) is 7.10. The predicted molar refractivity (Wildman–Crippen MR) is 119 cm³/mol. The minimum atomic E-state index is -0.934. The number of barbiturate groups is 1. The van der Waals surface area contributed by atoms with Gasteiger partial charge < -0.3 is 9.47 Å². The number of amides is 4. The van der Waals surface area contributed by atoms with Crippen LogP contribution in [0.2, 0.25) is 15.1 Å². The van der Waals surface area contributed by atoms with Gasteiger partial charge in [0.15, 0.2) is 11.5 Å². The third-order valence-corrected chi connectivity index (χ3v) is 5.29. The Labute approximate surface area is 193 Å². The van der Waals surface area contributed by atoms with Gasteiger partial charge in [0.05, 0.1) is 34.0 Å². The van der Waals surface area contributed by atoms with Gasteiger partial charge in [0.2, 0.25) is 0 Å². The second kappa shape index (κ2) is 9.60. The highest BCUT2D eigenvalue weighted by atomic mass is 35.5. The molecule has 0 aromatic heterocycles. The molecule has 1 saturated heterocycles. The molecular formula is C21H17Cl3N2O5. The van der Waals surface area contributed by atoms with Crippen LogP contribution in [0.4, 0.5) is 10.5 Å². The summed E-state index contributed by atoms with van der Waals surface area (Å²) >= 11 is 18.5. The Morgan fingerprint density at radius 1 is 1.00 bits per heavy atom. The number of hydrogen-bond acceptors (Lipinski definition) is 5. The maximum atomic E-state index is 13.1. The van der Waals surface area contributed by atoms with Crippen LogP contribution in [0.5, 0.6) is 11.5 Å². The summed E-state index contributed by atoms with van der Waals surface area (Å²) in [6.07, 6.45) is 1.31. The van der Waals surface area contributed by atoms with Crippen LogP contribution in [0.25, 0.3) is 6.08 Å². The fourth-order valence-electron chi connectivity index (χ4n) is 2.93. The topological polar surface area (TPSA) is 84.9 Å². The normalized spacial score (nSPS) is 15.3. The maximum absolute atomic E-state index is 13.1. The van der Waals surface area contributed by atoms with Gasteiger partial charge in [-0.3, -0.25) is 14.9 Å². The van der Waals surface area contributed by atoms with Crippen molar-refractivity contribution in [3.8, 4) is 11.5 Å². The average molecular weight is 484 g/mol. The fraction of sp³-hybridized carbons (Fsp3) is 0.190. The molecule has 162 valence electrons. The van der Waals surface area contributed by atoms with E-state index in [1.54, 1.807) is 19.9 Å². The summed E-state index contributed by atoms with van der Waals surface area (Å²) in [5.74, 6) is -0.999. The summed E-state index contributed by atoms with van der Waals surface area (Å²) in [6, 6.07) is 6.66. The lowest BCUT2D eigenvalue weighted by atomic mass is 10.1. The van der Waals surface area contributed by atoms with Gasteiger partial charge in [0.25, 0.3) is 11.8 Å². The number of carbonyl (C=O) groups excluding carboxylic acids is 3. The largest absolute Gasteiger partial charge is 0.490 e. The lowest BCUT2D eigenvalue weighted by Crippen LogP contribution is -2.54. The van der Waals surface area contributed by atoms with E-state index in [0.29, 0.717) is 30.3 Å². The van der Waals surface area contributed by atoms with Crippen molar-refractivity contribution in [2.24, 2.45) is 0 Å². The third kappa shape index (κ3) is 4.63. The number of nitrogens with one attached hydrogen (secondary N) is 1. The molecule has 1 fully saturated rings. The zero-order chi connectivity index (χ0) is 22.7. The van der Waals surface area contributed by atoms with E-state index in [1.165, 1.54) is 30.3 Å². The SMILES string of the molecule is CCOc1cc(/C=C2\C(=O)NC(=O)N(c3cccc(Cl)c3Cl)C2=O)cc(Cl)c1OCC. The highest BCUT2D eigenvalue weighted by molar-refractivity contribution is 6.46. The summed E-state index contributed by atoms with van der Waals surface area (Å²) in [4.78, 5) is 38.6. The highest BCUT2D eigenvalue weighted by Crippen LogP contribution is 2.38. The van der Waals surface area contributed by atoms with Crippen LogP contribution in [0.3, 0.4) is 0 Å². The monoisotopic (exact) mass is 482 g/mol. The Morgan fingerprint density at radius 2 is 1.71 bits per heavy atom. The molecular weight excluding hydrogens is 467 g/mol. The van der Waals surface area contributed by atoms with Crippen LogP contribution in [-0.4, -0.2) is 31.1 Å². The number of benzene rings is 2. The van der Waals surface area contributed by atoms with Crippen LogP contribution in [-0.2, 0) is 9.59 Å². The van der Waals surface area contributed by atoms with Crippen LogP contribution >= 0.6 is 34.8 Å². The van der Waals surface area contributed by atoms with Crippen molar-refractivity contribution >= 4 is 64.4 Å². The van der Waals surface area contributed by atoms with Gasteiger partial charge >= 0.3 is 6.03 Å². The van der Waals surface area contributed by atoms with Gasteiger partial charge in [-0.15, -0.1) is 0 Å². The van der Waals surface area contributed by atoms with E-state index in [4.69, 9.17) is 44.3 Å². The summed E-state index contributed by atoms with van der Waals surface area (Å²) in [5.41, 5.74) is 0.162. The highest BCUT2D eigenvalue weighted by Gasteiger charge is 2.38. The molecule has 0 bridgehead atoms. The Morgan fingerprint density at radius 3 is 2.39 bits per heavy atom. The van der Waals surface area contributed by atoms with Crippen molar-refractivity contribution in [1.82, 2.24) is 5.32 Å². The van der Waals surface area contributed by atoms with Gasteiger partial charge in [-0.1, -0.05) is 40.9 Å². The molecule has 4 amide bonds. The van der Waals surface area contributed by atoms with Crippen molar-refractivity contribution in [2.45, 2.75) is 13.8 Å². The van der Waals surface area contributed by atoms with E-state index in [2.05, 4.69) is 5.32 Å². The van der Waals surface area contributed by atoms with Crippen LogP contribution in [0.1, 0.15) is 19.4 Å². The fourth-order valence-corrected chi connectivity index (χ4v) is 3.58. The number of ether oxygens (including phenoxy) is 2. The Hall–Kier alpha value is -2.74. The number of urea groups is 1. The smallest absolute Gasteiger partial charge is 0.336 e. The first-order chi connectivity index (χ1) is 14.8. The number of imide groups is 2. The number of nitrogens with zero attached hydrogens (tertiary/aromatic N) is 1. The van der Waals surface area contributed by atoms with Gasteiger partial charge in [0.1, 0.15) is 5.57 Å². The van der Waals surface area contributed by atoms with Crippen molar-refractivity contribution in [2.75, 3.05) is 18.1 Å². The number of hydrogen-bond donors (Lipinski definition) is 1. The molecule has 0 radical (unpaired) electrons. The number of halogens is 3. The van der Waals surface area contributed by atoms with E-state index < -0.39 is 17.8 Å². The molecule has 3 rings (SSSR count). The van der Waals surface area contributed by atoms with Crippen LogP contribution in [0, 0.1) is 0 Å². The summed E-state index contributed by atoms with van der Waals surface area (Å²) in [7, 11) is 0. The molecule has 0 unspecified atom stereocenters. The number of rotatable bonds is 6. The van der Waals surface area contributed by atoms with Crippen molar-refractivity contribution < 1.29 is 23.9 Å². The second-order valence-electron chi connectivity index (χ2n) is 6.23. The minimum absolute atomic E-state index is 0.00381. The summed E-state index contributed by atoms with van der Waals surface area (Å²) in [5, 5.41) is 2.53. The van der Waals surface area contributed by atoms with Crippen LogP contribution in [0.15, 0.2) is 35.9 Å². The molecule has 0 saturated carbocycles. The van der Waals surface area contributed by atoms with E-state index in [0.717, 1.165) is 4.90 Å². The zero-order valence-electron chi connectivity index (χ0n) is 16.5. The molecule has 7 nitrogen and oxygen atoms in total. The first-order valence-electron chi connectivity index (χ1n) is 9.23. The standard InChI is InChI=1S/C21H17Cl3N2O5/c1-3-30-16-10-11(9-14(23)18(16)31-4-2)8-12-19(27)25-21(29)26(20(12)28)15-7-5-6-13(22)17(15)24/h5-10H,3-4H2,1-2H3,(H,25,27,29)/b12-8+. The number of anilines is 1. The van der Waals surface area contributed by atoms with E-state index in [-0.39, 0.29) is 26.3 Å². The molecule has 31 heavy (non-hydrogen) atoms. The first-order valence-corrected chi connectivity index (χ1v) is 10.4. The lowest BCUT2D eigenvalue weighted by molar-refractivity contribution is -0.122. The van der Waals surface area contributed by atoms with E-state index >= 15 is 0 Å². The molecule has 2 aromatic rings. The molecule has 2 aromatic carbocycles. The van der Waals surface area contributed by atoms with Gasteiger partial charge in [-0.25, -0.2) is 9.69 Å². The average Bonchev–Trinajstić information content (AvgIpc) is 2.71. The number of carbonyl (C=O) groups is 3. The maximum Gasteiger partial charge on any atom is 0.336 e. The Balaban J connectivity index is 2.07. The molecule has 0 aliphatic carbocycles. The quantitative estimate of drug-likeness (QED) is 0.456. The first kappa shape index (κ1) is 22.9. The van der Waals surface area contributed by atoms with E-state index in [1.807, 2.05) is 0 Å². The molecule has 10 heteroatoms. The lowest BCUT2D eigenvalue weighted by Gasteiger charge is -2.27. The third-order valence-electron chi connectivity index (χ3n) is 4.21. The van der Waals surface area contributed by atoms with Crippen molar-refractivity contribution in [3.05, 3.63) is 56.5 Å². The van der Waals surface area contributed by atoms with Crippen molar-refractivity contribution in [1.29, 1.82) is 0 Å². The van der Waals surface area contributed by atoms with Gasteiger partial charge in [-0.05, 0) is 49.8 Å². The molecule has 1 N–H and O–H groups in total. The van der Waals surface area contributed by atoms with Crippen molar-refractivity contribution in [3.63, 3.8) is 0 Å². The predicted octanol–water partition coefficient (Wildman–Crippen LogP) is 5.11. The van der Waals surface area contributed by atoms with Gasteiger partial charge in [0, 0.05) is 0 Å². The molecule has 1 heterocycles. The molecule has 0 spiro atoms. The molecule has 1 aliphatic heterocycles. The van der Waals surface area contributed by atoms with Gasteiger partial charge in [-0.2, -0.15) is 0 Å². The van der Waals surface area contributed by atoms with Crippen LogP contribution < -0.4 is 19.7 Å². The minimum Gasteiger partial charge on any atom is -0.490 e. The Bertz CT molecular complexity index is 1100. The molecule has 1 aliphatic rings. The molecule has 0 atom stereocenters. The second-order valence-corrected chi connectivity index (χ2v) is 7.42. The van der Waals surface area contributed by atoms with E-state index in [9.17, 15) is 14.4 Å². The zero-order valence-corrected chi connectivity index (χ0v) is 18.8. The summed E-state index contributed by atoms with van der Waals surface area (Å²) in [6.45, 7) is 4.33.